The highest BCUT2D eigenvalue weighted by molar-refractivity contribution is 5.78. The van der Waals surface area contributed by atoms with Crippen molar-refractivity contribution >= 4 is 5.91 Å². The smallest absolute Gasteiger partial charge is 0.246 e. The number of likely N-dealkylation sites (N-methyl/N-ethyl adjacent to an activating group) is 1. The average molecular weight is 310 g/mol. The highest BCUT2D eigenvalue weighted by atomic mass is 16.5. The molecule has 2 aromatic heterocycles. The van der Waals surface area contributed by atoms with Crippen molar-refractivity contribution in [3.05, 3.63) is 66.1 Å². The van der Waals surface area contributed by atoms with Crippen LogP contribution in [0.15, 0.2) is 53.3 Å². The van der Waals surface area contributed by atoms with Crippen LogP contribution in [0.1, 0.15) is 17.3 Å². The molecule has 2 heterocycles. The predicted octanol–water partition coefficient (Wildman–Crippen LogP) is 2.37. The van der Waals surface area contributed by atoms with Gasteiger partial charge in [0.25, 0.3) is 0 Å². The van der Waals surface area contributed by atoms with Crippen LogP contribution in [0.4, 0.5) is 0 Å². The van der Waals surface area contributed by atoms with Crippen molar-refractivity contribution in [2.24, 2.45) is 0 Å². The number of carbonyl (C=O) groups excluding carboxylic acids is 1. The molecule has 118 valence electrons. The molecule has 0 fully saturated rings. The Morgan fingerprint density at radius 2 is 1.91 bits per heavy atom. The average Bonchev–Trinajstić information content (AvgIpc) is 3.20. The van der Waals surface area contributed by atoms with Gasteiger partial charge in [0.1, 0.15) is 0 Å². The second kappa shape index (κ2) is 6.48. The standard InChI is InChI=1S/C17H18N4O2/c1-13-18-16(23-19-13)12-20(2)17(22)11-14-5-7-15(8-6-14)21-9-3-4-10-21/h3-10H,11-12H2,1-2H3. The van der Waals surface area contributed by atoms with Crippen LogP contribution in [0.2, 0.25) is 0 Å². The van der Waals surface area contributed by atoms with Crippen molar-refractivity contribution in [2.75, 3.05) is 7.05 Å². The molecule has 0 saturated heterocycles. The molecule has 6 heteroatoms. The fourth-order valence-corrected chi connectivity index (χ4v) is 2.30. The van der Waals surface area contributed by atoms with Crippen LogP contribution in [-0.4, -0.2) is 32.6 Å². The molecule has 0 bridgehead atoms. The summed E-state index contributed by atoms with van der Waals surface area (Å²) in [5.74, 6) is 1.03. The summed E-state index contributed by atoms with van der Waals surface area (Å²) < 4.78 is 7.06. The van der Waals surface area contributed by atoms with Gasteiger partial charge in [0.15, 0.2) is 5.82 Å². The first-order chi connectivity index (χ1) is 11.1. The van der Waals surface area contributed by atoms with Crippen LogP contribution >= 0.6 is 0 Å². The summed E-state index contributed by atoms with van der Waals surface area (Å²) in [4.78, 5) is 18.0. The monoisotopic (exact) mass is 310 g/mol. The number of hydrogen-bond acceptors (Lipinski definition) is 4. The number of benzene rings is 1. The number of amides is 1. The molecule has 0 radical (unpaired) electrons. The summed E-state index contributed by atoms with van der Waals surface area (Å²) in [6, 6.07) is 11.9. The van der Waals surface area contributed by atoms with Gasteiger partial charge in [-0.2, -0.15) is 4.98 Å². The normalized spacial score (nSPS) is 10.7. The van der Waals surface area contributed by atoms with Crippen LogP contribution in [-0.2, 0) is 17.8 Å². The van der Waals surface area contributed by atoms with Crippen molar-refractivity contribution in [3.8, 4) is 5.69 Å². The molecule has 0 aliphatic rings. The number of nitrogens with zero attached hydrogens (tertiary/aromatic N) is 4. The van der Waals surface area contributed by atoms with Crippen molar-refractivity contribution in [1.82, 2.24) is 19.6 Å². The van der Waals surface area contributed by atoms with Gasteiger partial charge in [0, 0.05) is 25.1 Å². The first-order valence-electron chi connectivity index (χ1n) is 7.37. The van der Waals surface area contributed by atoms with Crippen molar-refractivity contribution in [2.45, 2.75) is 19.9 Å². The third-order valence-electron chi connectivity index (χ3n) is 3.56. The first-order valence-corrected chi connectivity index (χ1v) is 7.37. The van der Waals surface area contributed by atoms with E-state index < -0.39 is 0 Å². The van der Waals surface area contributed by atoms with Crippen LogP contribution in [0.25, 0.3) is 5.69 Å². The lowest BCUT2D eigenvalue weighted by atomic mass is 10.1. The Morgan fingerprint density at radius 3 is 2.52 bits per heavy atom. The lowest BCUT2D eigenvalue weighted by Gasteiger charge is -2.15. The molecular weight excluding hydrogens is 292 g/mol. The molecule has 3 rings (SSSR count). The molecule has 0 N–H and O–H groups in total. The zero-order chi connectivity index (χ0) is 16.2. The summed E-state index contributed by atoms with van der Waals surface area (Å²) in [6.45, 7) is 2.07. The second-order valence-electron chi connectivity index (χ2n) is 5.42. The Balaban J connectivity index is 1.61. The zero-order valence-electron chi connectivity index (χ0n) is 13.1. The van der Waals surface area contributed by atoms with Gasteiger partial charge in [0.2, 0.25) is 11.8 Å². The van der Waals surface area contributed by atoms with E-state index in [9.17, 15) is 4.79 Å². The molecule has 0 unspecified atom stereocenters. The maximum absolute atomic E-state index is 12.3. The number of aromatic nitrogens is 3. The number of carbonyl (C=O) groups is 1. The molecular formula is C17H18N4O2. The van der Waals surface area contributed by atoms with Crippen LogP contribution in [0, 0.1) is 6.92 Å². The number of rotatable bonds is 5. The fraction of sp³-hybridized carbons (Fsp3) is 0.235. The molecule has 0 aliphatic carbocycles. The van der Waals surface area contributed by atoms with E-state index >= 15 is 0 Å². The van der Waals surface area contributed by atoms with E-state index in [1.165, 1.54) is 0 Å². The predicted molar refractivity (Wildman–Crippen MR) is 85.0 cm³/mol. The van der Waals surface area contributed by atoms with Crippen LogP contribution in [0.3, 0.4) is 0 Å². The number of hydrogen-bond donors (Lipinski definition) is 0. The minimum atomic E-state index is 0.00886. The Morgan fingerprint density at radius 1 is 1.22 bits per heavy atom. The van der Waals surface area contributed by atoms with Gasteiger partial charge < -0.3 is 14.0 Å². The van der Waals surface area contributed by atoms with Gasteiger partial charge in [-0.1, -0.05) is 17.3 Å². The molecule has 0 spiro atoms. The largest absolute Gasteiger partial charge is 0.337 e. The van der Waals surface area contributed by atoms with E-state index in [-0.39, 0.29) is 5.91 Å². The molecule has 0 atom stereocenters. The third-order valence-corrected chi connectivity index (χ3v) is 3.56. The summed E-state index contributed by atoms with van der Waals surface area (Å²) in [7, 11) is 1.73. The minimum absolute atomic E-state index is 0.00886. The van der Waals surface area contributed by atoms with Crippen molar-refractivity contribution < 1.29 is 9.32 Å². The summed E-state index contributed by atoms with van der Waals surface area (Å²) in [5.41, 5.74) is 2.04. The molecule has 3 aromatic rings. The summed E-state index contributed by atoms with van der Waals surface area (Å²) >= 11 is 0. The molecule has 23 heavy (non-hydrogen) atoms. The molecule has 0 saturated carbocycles. The maximum atomic E-state index is 12.3. The lowest BCUT2D eigenvalue weighted by molar-refractivity contribution is -0.130. The molecule has 1 amide bonds. The third kappa shape index (κ3) is 3.66. The fourth-order valence-electron chi connectivity index (χ4n) is 2.30. The van der Waals surface area contributed by atoms with E-state index in [4.69, 9.17) is 4.52 Å². The maximum Gasteiger partial charge on any atom is 0.246 e. The summed E-state index contributed by atoms with van der Waals surface area (Å²) in [5, 5.41) is 3.72. The van der Waals surface area contributed by atoms with Gasteiger partial charge >= 0.3 is 0 Å². The van der Waals surface area contributed by atoms with E-state index in [2.05, 4.69) is 10.1 Å². The molecule has 0 aliphatic heterocycles. The minimum Gasteiger partial charge on any atom is -0.337 e. The van der Waals surface area contributed by atoms with Crippen LogP contribution in [0.5, 0.6) is 0 Å². The topological polar surface area (TPSA) is 64.2 Å². The lowest BCUT2D eigenvalue weighted by Crippen LogP contribution is -2.27. The van der Waals surface area contributed by atoms with Gasteiger partial charge in [-0.05, 0) is 36.8 Å². The Labute approximate surface area is 134 Å². The van der Waals surface area contributed by atoms with Gasteiger partial charge in [-0.15, -0.1) is 0 Å². The van der Waals surface area contributed by atoms with Crippen molar-refractivity contribution in [1.29, 1.82) is 0 Å². The Bertz CT molecular complexity index is 775. The van der Waals surface area contributed by atoms with Crippen molar-refractivity contribution in [3.63, 3.8) is 0 Å². The van der Waals surface area contributed by atoms with E-state index in [1.54, 1.807) is 18.9 Å². The Hall–Kier alpha value is -2.89. The quantitative estimate of drug-likeness (QED) is 0.726. The van der Waals surface area contributed by atoms with E-state index in [0.717, 1.165) is 11.3 Å². The van der Waals surface area contributed by atoms with E-state index in [1.807, 2.05) is 53.4 Å². The van der Waals surface area contributed by atoms with E-state index in [0.29, 0.717) is 24.7 Å². The SMILES string of the molecule is Cc1noc(CN(C)C(=O)Cc2ccc(-n3cccc3)cc2)n1. The van der Waals surface area contributed by atoms with Gasteiger partial charge in [-0.25, -0.2) is 0 Å². The molecule has 6 nitrogen and oxygen atoms in total. The highest BCUT2D eigenvalue weighted by Gasteiger charge is 2.13. The first kappa shape index (κ1) is 15.0. The number of aryl methyl sites for hydroxylation is 1. The highest BCUT2D eigenvalue weighted by Crippen LogP contribution is 2.11. The second-order valence-corrected chi connectivity index (χ2v) is 5.42. The Kier molecular flexibility index (Phi) is 4.23. The zero-order valence-corrected chi connectivity index (χ0v) is 13.1. The molecule has 1 aromatic carbocycles. The van der Waals surface area contributed by atoms with Gasteiger partial charge in [-0.3, -0.25) is 4.79 Å². The van der Waals surface area contributed by atoms with Gasteiger partial charge in [0.05, 0.1) is 13.0 Å². The summed E-state index contributed by atoms with van der Waals surface area (Å²) in [6.07, 6.45) is 4.32. The van der Waals surface area contributed by atoms with Crippen LogP contribution < -0.4 is 0 Å².